The molecule has 28 heavy (non-hydrogen) atoms. The smallest absolute Gasteiger partial charge is 0.163 e. The molecule has 1 heterocycles. The van der Waals surface area contributed by atoms with E-state index in [-0.39, 0.29) is 23.7 Å². The molecule has 0 aromatic carbocycles. The van der Waals surface area contributed by atoms with Gasteiger partial charge in [0.05, 0.1) is 18.3 Å². The molecule has 5 fully saturated rings. The third-order valence-corrected chi connectivity index (χ3v) is 10.5. The van der Waals surface area contributed by atoms with E-state index < -0.39 is 5.79 Å². The van der Waals surface area contributed by atoms with Crippen LogP contribution >= 0.6 is 0 Å². The fraction of sp³-hybridized carbons (Fsp3) is 1.00. The van der Waals surface area contributed by atoms with Gasteiger partial charge in [-0.05, 0) is 106 Å². The highest BCUT2D eigenvalue weighted by molar-refractivity contribution is 5.15. The first-order chi connectivity index (χ1) is 13.1. The Morgan fingerprint density at radius 1 is 0.821 bits per heavy atom. The Labute approximate surface area is 171 Å². The van der Waals surface area contributed by atoms with E-state index in [4.69, 9.17) is 9.47 Å². The molecular weight excluding hydrogens is 348 g/mol. The summed E-state index contributed by atoms with van der Waals surface area (Å²) in [5, 5.41) is 10.5. The second kappa shape index (κ2) is 6.20. The van der Waals surface area contributed by atoms with Crippen LogP contribution in [0.25, 0.3) is 0 Å². The van der Waals surface area contributed by atoms with E-state index in [0.29, 0.717) is 29.1 Å². The highest BCUT2D eigenvalue weighted by Crippen LogP contribution is 2.70. The van der Waals surface area contributed by atoms with Crippen LogP contribution in [0.4, 0.5) is 0 Å². The zero-order valence-corrected chi connectivity index (χ0v) is 18.9. The number of rotatable bonds is 1. The lowest BCUT2D eigenvalue weighted by Crippen LogP contribution is -2.63. The van der Waals surface area contributed by atoms with Crippen LogP contribution in [-0.4, -0.2) is 29.2 Å². The summed E-state index contributed by atoms with van der Waals surface area (Å²) in [5.74, 6) is 3.47. The standard InChI is InChI=1S/C25H42O3/c1-14-9-11-25(6)18-10-12-24(5)16(15(2)26)7-8-17(24)20(18)22-21(19(25)13-14)27-23(3,4)28-22/h14-22,26H,7-13H2,1-6H3/t14-,15?,16?,17-,18-,19+,20-,21+,22+,24+,25+/m0/s1. The van der Waals surface area contributed by atoms with E-state index in [2.05, 4.69) is 34.6 Å². The molecule has 4 aliphatic carbocycles. The molecule has 1 aliphatic heterocycles. The number of fused-ring (bicyclic) bond motifs is 8. The van der Waals surface area contributed by atoms with Crippen molar-refractivity contribution in [2.24, 2.45) is 46.3 Å². The van der Waals surface area contributed by atoms with Gasteiger partial charge in [0, 0.05) is 0 Å². The van der Waals surface area contributed by atoms with Gasteiger partial charge in [0.25, 0.3) is 0 Å². The van der Waals surface area contributed by atoms with Crippen LogP contribution in [0.2, 0.25) is 0 Å². The molecule has 1 N–H and O–H groups in total. The van der Waals surface area contributed by atoms with Crippen LogP contribution in [0, 0.1) is 46.3 Å². The van der Waals surface area contributed by atoms with Gasteiger partial charge < -0.3 is 14.6 Å². The molecule has 11 atom stereocenters. The quantitative estimate of drug-likeness (QED) is 0.651. The minimum Gasteiger partial charge on any atom is -0.393 e. The first kappa shape index (κ1) is 19.8. The zero-order valence-electron chi connectivity index (χ0n) is 18.9. The Morgan fingerprint density at radius 3 is 2.18 bits per heavy atom. The highest BCUT2D eigenvalue weighted by atomic mass is 16.8. The summed E-state index contributed by atoms with van der Waals surface area (Å²) in [5.41, 5.74) is 0.660. The summed E-state index contributed by atoms with van der Waals surface area (Å²) in [4.78, 5) is 0. The summed E-state index contributed by atoms with van der Waals surface area (Å²) in [6.07, 6.45) is 9.39. The summed E-state index contributed by atoms with van der Waals surface area (Å²) >= 11 is 0. The number of ether oxygens (including phenoxy) is 2. The Bertz CT molecular complexity index is 629. The van der Waals surface area contributed by atoms with Gasteiger partial charge in [-0.1, -0.05) is 27.2 Å². The van der Waals surface area contributed by atoms with Crippen LogP contribution in [0.15, 0.2) is 0 Å². The maximum atomic E-state index is 10.5. The zero-order chi connectivity index (χ0) is 20.1. The topological polar surface area (TPSA) is 38.7 Å². The Balaban J connectivity index is 1.56. The molecule has 0 radical (unpaired) electrons. The van der Waals surface area contributed by atoms with E-state index in [0.717, 1.165) is 11.8 Å². The van der Waals surface area contributed by atoms with Crippen molar-refractivity contribution >= 4 is 0 Å². The van der Waals surface area contributed by atoms with Gasteiger partial charge in [-0.2, -0.15) is 0 Å². The maximum Gasteiger partial charge on any atom is 0.163 e. The van der Waals surface area contributed by atoms with Crippen molar-refractivity contribution in [2.75, 3.05) is 0 Å². The largest absolute Gasteiger partial charge is 0.393 e. The first-order valence-electron chi connectivity index (χ1n) is 12.1. The number of hydrogen-bond acceptors (Lipinski definition) is 3. The first-order valence-corrected chi connectivity index (χ1v) is 12.1. The van der Waals surface area contributed by atoms with E-state index in [9.17, 15) is 5.11 Å². The number of aliphatic hydroxyl groups is 1. The van der Waals surface area contributed by atoms with Gasteiger partial charge in [-0.25, -0.2) is 0 Å². The molecule has 5 aliphatic rings. The minimum absolute atomic E-state index is 0.193. The molecule has 0 aromatic heterocycles. The summed E-state index contributed by atoms with van der Waals surface area (Å²) < 4.78 is 13.4. The van der Waals surface area contributed by atoms with Crippen LogP contribution in [0.5, 0.6) is 0 Å². The van der Waals surface area contributed by atoms with Gasteiger partial charge in [-0.3, -0.25) is 0 Å². The van der Waals surface area contributed by atoms with Crippen LogP contribution in [0.1, 0.15) is 86.5 Å². The van der Waals surface area contributed by atoms with Gasteiger partial charge in [0.2, 0.25) is 0 Å². The van der Waals surface area contributed by atoms with Crippen molar-refractivity contribution in [2.45, 2.75) is 111 Å². The fourth-order valence-corrected chi connectivity index (χ4v) is 9.21. The molecule has 4 saturated carbocycles. The molecule has 0 bridgehead atoms. The van der Waals surface area contributed by atoms with Crippen molar-refractivity contribution in [3.8, 4) is 0 Å². The highest BCUT2D eigenvalue weighted by Gasteiger charge is 2.68. The predicted octanol–water partition coefficient (Wildman–Crippen LogP) is 5.40. The molecule has 0 aromatic rings. The second-order valence-corrected chi connectivity index (χ2v) is 12.3. The Hall–Kier alpha value is -0.120. The van der Waals surface area contributed by atoms with Crippen molar-refractivity contribution < 1.29 is 14.6 Å². The normalized spacial score (nSPS) is 58.4. The molecule has 5 rings (SSSR count). The molecular formula is C25H42O3. The van der Waals surface area contributed by atoms with Gasteiger partial charge in [-0.15, -0.1) is 0 Å². The number of aliphatic hydroxyl groups excluding tert-OH is 1. The average molecular weight is 391 g/mol. The lowest BCUT2D eigenvalue weighted by Gasteiger charge is -2.63. The van der Waals surface area contributed by atoms with Gasteiger partial charge >= 0.3 is 0 Å². The maximum absolute atomic E-state index is 10.5. The summed E-state index contributed by atoms with van der Waals surface area (Å²) in [6.45, 7) is 13.8. The summed E-state index contributed by atoms with van der Waals surface area (Å²) in [6, 6.07) is 0. The van der Waals surface area contributed by atoms with E-state index in [1.165, 1.54) is 44.9 Å². The monoisotopic (exact) mass is 390 g/mol. The lowest BCUT2D eigenvalue weighted by molar-refractivity contribution is -0.186. The fourth-order valence-electron chi connectivity index (χ4n) is 9.21. The number of hydrogen-bond donors (Lipinski definition) is 1. The third-order valence-electron chi connectivity index (χ3n) is 10.5. The molecule has 0 spiro atoms. The third kappa shape index (κ3) is 2.57. The van der Waals surface area contributed by atoms with E-state index in [1.807, 2.05) is 6.92 Å². The van der Waals surface area contributed by atoms with Crippen molar-refractivity contribution in [1.29, 1.82) is 0 Å². The van der Waals surface area contributed by atoms with Gasteiger partial charge in [0.15, 0.2) is 5.79 Å². The Morgan fingerprint density at radius 2 is 1.46 bits per heavy atom. The van der Waals surface area contributed by atoms with E-state index in [1.54, 1.807) is 0 Å². The molecule has 160 valence electrons. The molecule has 2 unspecified atom stereocenters. The molecule has 1 saturated heterocycles. The second-order valence-electron chi connectivity index (χ2n) is 12.3. The lowest BCUT2D eigenvalue weighted by atomic mass is 9.43. The molecule has 3 heteroatoms. The predicted molar refractivity (Wildman–Crippen MR) is 111 cm³/mol. The minimum atomic E-state index is -0.456. The van der Waals surface area contributed by atoms with Crippen molar-refractivity contribution in [3.63, 3.8) is 0 Å². The average Bonchev–Trinajstić information content (AvgIpc) is 3.12. The molecule has 3 nitrogen and oxygen atoms in total. The Kier molecular flexibility index (Phi) is 4.39. The van der Waals surface area contributed by atoms with E-state index >= 15 is 0 Å². The van der Waals surface area contributed by atoms with Crippen LogP contribution in [-0.2, 0) is 9.47 Å². The van der Waals surface area contributed by atoms with Crippen LogP contribution < -0.4 is 0 Å². The van der Waals surface area contributed by atoms with Crippen molar-refractivity contribution in [1.82, 2.24) is 0 Å². The van der Waals surface area contributed by atoms with Gasteiger partial charge in [0.1, 0.15) is 0 Å². The SMILES string of the molecule is CC(O)C1CC[C@H]2[C@@H]3[C@H]4OC(C)(C)O[C@@H]4[C@H]4C[C@@H](C)CC[C@]4(C)[C@H]3CC[C@]12C. The van der Waals surface area contributed by atoms with Crippen molar-refractivity contribution in [3.05, 3.63) is 0 Å². The summed E-state index contributed by atoms with van der Waals surface area (Å²) in [7, 11) is 0. The molecule has 0 amide bonds. The van der Waals surface area contributed by atoms with Crippen LogP contribution in [0.3, 0.4) is 0 Å².